The standard InChI is InChI=1S/C30H42N2O3Si/c1-9-10-25(31-20-22-11-13-24(33-5)19-29(22)34-6)21-12-14-26-23(17-21)18-27-28(15-16-32(26)27)35-36(7,8)30(2,3)4/h11-14,17-19,28H,9-10,15-16,20H2,1-8H3/b31-25+. The Morgan fingerprint density at radius 1 is 1.06 bits per heavy atom. The van der Waals surface area contributed by atoms with E-state index in [1.54, 1.807) is 14.2 Å². The summed E-state index contributed by atoms with van der Waals surface area (Å²) in [5, 5.41) is 1.48. The number of hydrogen-bond acceptors (Lipinski definition) is 4. The molecule has 0 aliphatic carbocycles. The second-order valence-electron chi connectivity index (χ2n) is 11.3. The zero-order chi connectivity index (χ0) is 26.1. The summed E-state index contributed by atoms with van der Waals surface area (Å²) in [7, 11) is 1.53. The number of nitrogens with zero attached hydrogens (tertiary/aromatic N) is 2. The molecule has 0 saturated carbocycles. The Bertz CT molecular complexity index is 1250. The van der Waals surface area contributed by atoms with Crippen LogP contribution in [0.2, 0.25) is 18.1 Å². The number of fused-ring (bicyclic) bond motifs is 3. The second kappa shape index (κ2) is 10.4. The summed E-state index contributed by atoms with van der Waals surface area (Å²) in [4.78, 5) is 5.05. The molecule has 0 N–H and O–H groups in total. The normalized spacial score (nSPS) is 16.4. The van der Waals surface area contributed by atoms with E-state index in [-0.39, 0.29) is 11.1 Å². The number of aromatic nitrogens is 1. The van der Waals surface area contributed by atoms with Crippen molar-refractivity contribution in [3.05, 3.63) is 59.3 Å². The van der Waals surface area contributed by atoms with Gasteiger partial charge >= 0.3 is 0 Å². The number of hydrogen-bond donors (Lipinski definition) is 0. The van der Waals surface area contributed by atoms with Crippen LogP contribution in [0.25, 0.3) is 10.9 Å². The molecule has 3 aromatic rings. The molecule has 1 atom stereocenters. The summed E-state index contributed by atoms with van der Waals surface area (Å²) in [6.45, 7) is 15.4. The van der Waals surface area contributed by atoms with Gasteiger partial charge in [0.05, 0.1) is 26.9 Å². The van der Waals surface area contributed by atoms with Gasteiger partial charge in [-0.3, -0.25) is 4.99 Å². The Kier molecular flexibility index (Phi) is 7.67. The maximum Gasteiger partial charge on any atom is 0.192 e. The van der Waals surface area contributed by atoms with Crippen molar-refractivity contribution >= 4 is 24.9 Å². The van der Waals surface area contributed by atoms with Gasteiger partial charge in [0.1, 0.15) is 11.5 Å². The highest BCUT2D eigenvalue weighted by Gasteiger charge is 2.41. The molecule has 4 rings (SSSR count). The average molecular weight is 507 g/mol. The van der Waals surface area contributed by atoms with E-state index >= 15 is 0 Å². The van der Waals surface area contributed by atoms with Crippen molar-refractivity contribution in [2.24, 2.45) is 4.99 Å². The summed E-state index contributed by atoms with van der Waals surface area (Å²) in [6, 6.07) is 15.1. The molecule has 0 radical (unpaired) electrons. The fourth-order valence-electron chi connectivity index (χ4n) is 4.75. The molecule has 0 fully saturated rings. The lowest BCUT2D eigenvalue weighted by Gasteiger charge is -2.38. The number of benzene rings is 2. The van der Waals surface area contributed by atoms with Crippen molar-refractivity contribution in [1.82, 2.24) is 4.57 Å². The fraction of sp³-hybridized carbons (Fsp3) is 0.500. The van der Waals surface area contributed by atoms with E-state index < -0.39 is 8.32 Å². The summed E-state index contributed by atoms with van der Waals surface area (Å²) in [6.07, 6.45) is 3.24. The molecule has 2 heterocycles. The molecule has 36 heavy (non-hydrogen) atoms. The van der Waals surface area contributed by atoms with Gasteiger partial charge in [-0.15, -0.1) is 0 Å². The predicted octanol–water partition coefficient (Wildman–Crippen LogP) is 7.91. The van der Waals surface area contributed by atoms with Crippen LogP contribution in [0.4, 0.5) is 0 Å². The van der Waals surface area contributed by atoms with Crippen LogP contribution in [0.1, 0.15) is 69.9 Å². The molecule has 0 spiro atoms. The van der Waals surface area contributed by atoms with Gasteiger partial charge < -0.3 is 18.5 Å². The number of methoxy groups -OCH3 is 2. The van der Waals surface area contributed by atoms with Crippen molar-refractivity contribution in [2.45, 2.75) is 84.3 Å². The van der Waals surface area contributed by atoms with Gasteiger partial charge in [-0.2, -0.15) is 0 Å². The van der Waals surface area contributed by atoms with Crippen LogP contribution in [0.3, 0.4) is 0 Å². The van der Waals surface area contributed by atoms with E-state index in [0.29, 0.717) is 6.54 Å². The SMILES string of the molecule is CCC/C(=N\Cc1ccc(OC)cc1OC)c1ccc2c(c1)cc1n2CCC1O[Si](C)(C)C(C)(C)C. The van der Waals surface area contributed by atoms with Crippen molar-refractivity contribution < 1.29 is 13.9 Å². The average Bonchev–Trinajstić information content (AvgIpc) is 3.39. The maximum atomic E-state index is 6.83. The van der Waals surface area contributed by atoms with Crippen molar-refractivity contribution in [3.63, 3.8) is 0 Å². The lowest BCUT2D eigenvalue weighted by molar-refractivity contribution is 0.185. The Labute approximate surface area is 217 Å². The zero-order valence-corrected chi connectivity index (χ0v) is 24.3. The predicted molar refractivity (Wildman–Crippen MR) is 152 cm³/mol. The molecule has 1 unspecified atom stereocenters. The van der Waals surface area contributed by atoms with Crippen molar-refractivity contribution in [2.75, 3.05) is 14.2 Å². The topological polar surface area (TPSA) is 45.0 Å². The highest BCUT2D eigenvalue weighted by molar-refractivity contribution is 6.74. The minimum absolute atomic E-state index is 0.188. The summed E-state index contributed by atoms with van der Waals surface area (Å²) < 4.78 is 20.2. The maximum absolute atomic E-state index is 6.83. The molecule has 1 aromatic heterocycles. The minimum atomic E-state index is -1.83. The highest BCUT2D eigenvalue weighted by atomic mass is 28.4. The van der Waals surface area contributed by atoms with Gasteiger partial charge in [0, 0.05) is 40.5 Å². The van der Waals surface area contributed by atoms with E-state index in [2.05, 4.69) is 69.6 Å². The lowest BCUT2D eigenvalue weighted by atomic mass is 10.0. The molecule has 194 valence electrons. The summed E-state index contributed by atoms with van der Waals surface area (Å²) in [5.41, 5.74) is 6.01. The first-order chi connectivity index (χ1) is 17.1. The minimum Gasteiger partial charge on any atom is -0.497 e. The summed E-state index contributed by atoms with van der Waals surface area (Å²) >= 11 is 0. The van der Waals surface area contributed by atoms with Gasteiger partial charge in [0.25, 0.3) is 0 Å². The largest absolute Gasteiger partial charge is 0.497 e. The van der Waals surface area contributed by atoms with E-state index in [1.165, 1.54) is 22.2 Å². The first-order valence-electron chi connectivity index (χ1n) is 13.1. The summed E-state index contributed by atoms with van der Waals surface area (Å²) in [5.74, 6) is 1.59. The van der Waals surface area contributed by atoms with Crippen LogP contribution in [-0.4, -0.2) is 32.8 Å². The first-order valence-corrected chi connectivity index (χ1v) is 16.0. The first kappa shape index (κ1) is 26.5. The zero-order valence-electron chi connectivity index (χ0n) is 23.3. The molecule has 2 aromatic carbocycles. The van der Waals surface area contributed by atoms with Crippen LogP contribution in [0, 0.1) is 0 Å². The van der Waals surface area contributed by atoms with Gasteiger partial charge in [-0.25, -0.2) is 0 Å². The third-order valence-electron chi connectivity index (χ3n) is 7.88. The van der Waals surface area contributed by atoms with E-state index in [9.17, 15) is 0 Å². The smallest absolute Gasteiger partial charge is 0.192 e. The van der Waals surface area contributed by atoms with Crippen LogP contribution in [0.5, 0.6) is 11.5 Å². The molecule has 0 amide bonds. The number of ether oxygens (including phenoxy) is 2. The van der Waals surface area contributed by atoms with Crippen LogP contribution >= 0.6 is 0 Å². The Hall–Kier alpha value is -2.57. The van der Waals surface area contributed by atoms with Gasteiger partial charge in [-0.1, -0.05) is 40.2 Å². The van der Waals surface area contributed by atoms with E-state index in [1.807, 2.05) is 18.2 Å². The van der Waals surface area contributed by atoms with Crippen molar-refractivity contribution in [1.29, 1.82) is 0 Å². The molecule has 0 saturated heterocycles. The monoisotopic (exact) mass is 506 g/mol. The number of rotatable bonds is 9. The van der Waals surface area contributed by atoms with Crippen LogP contribution < -0.4 is 9.47 Å². The van der Waals surface area contributed by atoms with E-state index in [4.69, 9.17) is 18.9 Å². The van der Waals surface area contributed by atoms with E-state index in [0.717, 1.165) is 48.6 Å². The Morgan fingerprint density at radius 3 is 2.50 bits per heavy atom. The number of aliphatic imine (C=N–C) groups is 1. The van der Waals surface area contributed by atoms with Crippen molar-refractivity contribution in [3.8, 4) is 11.5 Å². The van der Waals surface area contributed by atoms with Gasteiger partial charge in [0.2, 0.25) is 0 Å². The third-order valence-corrected chi connectivity index (χ3v) is 12.4. The Morgan fingerprint density at radius 2 is 1.83 bits per heavy atom. The molecule has 6 heteroatoms. The molecule has 0 bridgehead atoms. The highest BCUT2D eigenvalue weighted by Crippen LogP contribution is 2.43. The van der Waals surface area contributed by atoms with Gasteiger partial charge in [-0.05, 0) is 66.9 Å². The molecule has 1 aliphatic heterocycles. The van der Waals surface area contributed by atoms with Crippen LogP contribution in [-0.2, 0) is 17.5 Å². The number of aryl methyl sites for hydroxylation is 1. The lowest BCUT2D eigenvalue weighted by Crippen LogP contribution is -2.41. The third kappa shape index (κ3) is 5.25. The molecular formula is C30H42N2O3Si. The molecule has 1 aliphatic rings. The molecular weight excluding hydrogens is 464 g/mol. The molecule has 5 nitrogen and oxygen atoms in total. The van der Waals surface area contributed by atoms with Gasteiger partial charge in [0.15, 0.2) is 8.32 Å². The second-order valence-corrected chi connectivity index (χ2v) is 16.1. The Balaban J connectivity index is 1.62. The fourth-order valence-corrected chi connectivity index (χ4v) is 6.05. The quantitative estimate of drug-likeness (QED) is 0.219. The van der Waals surface area contributed by atoms with Crippen LogP contribution in [0.15, 0.2) is 47.5 Å².